The zero-order chi connectivity index (χ0) is 9.10. The zero-order valence-corrected chi connectivity index (χ0v) is 9.13. The van der Waals surface area contributed by atoms with Gasteiger partial charge in [0.25, 0.3) is 0 Å². The number of rotatable bonds is 2. The average molecular weight is 218 g/mol. The molecule has 1 fully saturated rings. The highest BCUT2D eigenvalue weighted by Gasteiger charge is 2.19. The summed E-state index contributed by atoms with van der Waals surface area (Å²) in [6.45, 7) is 4.97. The summed E-state index contributed by atoms with van der Waals surface area (Å²) in [5.41, 5.74) is 0. The highest BCUT2D eigenvalue weighted by molar-refractivity contribution is 5.85. The van der Waals surface area contributed by atoms with Crippen molar-refractivity contribution in [2.45, 2.75) is 32.2 Å². The van der Waals surface area contributed by atoms with E-state index in [1.807, 2.05) is 6.92 Å². The number of halogens is 1. The molecule has 1 N–H and O–H groups in total. The lowest BCUT2D eigenvalue weighted by Crippen LogP contribution is -2.27. The van der Waals surface area contributed by atoms with E-state index in [1.165, 1.54) is 0 Å². The Labute approximate surface area is 89.7 Å². The molecule has 1 aromatic heterocycles. The molecule has 0 radical (unpaired) electrons. The molecule has 0 bridgehead atoms. The minimum atomic E-state index is 0. The molecule has 0 amide bonds. The second-order valence-corrected chi connectivity index (χ2v) is 3.36. The number of hydrogen-bond donors (Lipinski definition) is 1. The molecule has 14 heavy (non-hydrogen) atoms. The smallest absolute Gasteiger partial charge is 0.177 e. The van der Waals surface area contributed by atoms with Gasteiger partial charge in [-0.15, -0.1) is 22.6 Å². The topological polar surface area (TPSA) is 55.6 Å². The fourth-order valence-corrected chi connectivity index (χ4v) is 1.63. The molecular formula is C8H16ClN5. The molecular weight excluding hydrogens is 202 g/mol. The van der Waals surface area contributed by atoms with E-state index in [0.29, 0.717) is 5.92 Å². The normalized spacial score (nSPS) is 17.8. The monoisotopic (exact) mass is 217 g/mol. The van der Waals surface area contributed by atoms with E-state index in [2.05, 4.69) is 20.7 Å². The molecule has 1 aliphatic heterocycles. The van der Waals surface area contributed by atoms with Crippen LogP contribution >= 0.6 is 12.4 Å². The van der Waals surface area contributed by atoms with Crippen LogP contribution in [0, 0.1) is 0 Å². The molecule has 0 saturated carbocycles. The summed E-state index contributed by atoms with van der Waals surface area (Å²) in [7, 11) is 0. The molecule has 1 saturated heterocycles. The van der Waals surface area contributed by atoms with Crippen molar-refractivity contribution in [3.8, 4) is 0 Å². The van der Waals surface area contributed by atoms with Gasteiger partial charge in [-0.25, -0.2) is 0 Å². The second kappa shape index (κ2) is 5.26. The molecule has 2 heterocycles. The van der Waals surface area contributed by atoms with Gasteiger partial charge in [0.2, 0.25) is 0 Å². The molecule has 80 valence electrons. The Kier molecular flexibility index (Phi) is 4.28. The van der Waals surface area contributed by atoms with Gasteiger partial charge in [-0.3, -0.25) is 0 Å². The molecule has 1 aliphatic rings. The predicted molar refractivity (Wildman–Crippen MR) is 55.6 cm³/mol. The van der Waals surface area contributed by atoms with E-state index in [1.54, 1.807) is 4.80 Å². The van der Waals surface area contributed by atoms with Gasteiger partial charge in [0.15, 0.2) is 5.82 Å². The number of piperidine rings is 1. The largest absolute Gasteiger partial charge is 0.317 e. The summed E-state index contributed by atoms with van der Waals surface area (Å²) in [6.07, 6.45) is 2.27. The van der Waals surface area contributed by atoms with E-state index in [-0.39, 0.29) is 12.4 Å². The van der Waals surface area contributed by atoms with Gasteiger partial charge < -0.3 is 5.32 Å². The first-order valence-corrected chi connectivity index (χ1v) is 4.88. The number of nitrogens with zero attached hydrogens (tertiary/aromatic N) is 4. The maximum atomic E-state index is 4.32. The van der Waals surface area contributed by atoms with Gasteiger partial charge in [-0.05, 0) is 38.1 Å². The van der Waals surface area contributed by atoms with Crippen molar-refractivity contribution in [1.82, 2.24) is 25.5 Å². The molecule has 5 nitrogen and oxygen atoms in total. The van der Waals surface area contributed by atoms with E-state index >= 15 is 0 Å². The maximum Gasteiger partial charge on any atom is 0.177 e. The highest BCUT2D eigenvalue weighted by Crippen LogP contribution is 2.20. The lowest BCUT2D eigenvalue weighted by Gasteiger charge is -2.18. The Bertz CT molecular complexity index is 268. The van der Waals surface area contributed by atoms with Crippen molar-refractivity contribution in [3.05, 3.63) is 5.82 Å². The molecule has 0 unspecified atom stereocenters. The van der Waals surface area contributed by atoms with Crippen molar-refractivity contribution in [3.63, 3.8) is 0 Å². The van der Waals surface area contributed by atoms with E-state index in [9.17, 15) is 0 Å². The SMILES string of the molecule is CCn1nnc(C2CCNCC2)n1.Cl. The van der Waals surface area contributed by atoms with Crippen molar-refractivity contribution in [2.75, 3.05) is 13.1 Å². The van der Waals surface area contributed by atoms with E-state index in [4.69, 9.17) is 0 Å². The van der Waals surface area contributed by atoms with Gasteiger partial charge in [0, 0.05) is 5.92 Å². The summed E-state index contributed by atoms with van der Waals surface area (Å²) in [5.74, 6) is 1.44. The van der Waals surface area contributed by atoms with Crippen LogP contribution in [0.25, 0.3) is 0 Å². The van der Waals surface area contributed by atoms with E-state index < -0.39 is 0 Å². The van der Waals surface area contributed by atoms with Crippen LogP contribution in [0.2, 0.25) is 0 Å². The maximum absolute atomic E-state index is 4.32. The van der Waals surface area contributed by atoms with Crippen LogP contribution in [0.3, 0.4) is 0 Å². The van der Waals surface area contributed by atoms with Crippen molar-refractivity contribution >= 4 is 12.4 Å². The summed E-state index contributed by atoms with van der Waals surface area (Å²) in [6, 6.07) is 0. The average Bonchev–Trinajstić information content (AvgIpc) is 2.67. The van der Waals surface area contributed by atoms with Gasteiger partial charge in [0.05, 0.1) is 6.54 Å². The quantitative estimate of drug-likeness (QED) is 0.788. The van der Waals surface area contributed by atoms with Gasteiger partial charge in [-0.1, -0.05) is 0 Å². The Morgan fingerprint density at radius 1 is 1.43 bits per heavy atom. The van der Waals surface area contributed by atoms with Crippen molar-refractivity contribution in [1.29, 1.82) is 0 Å². The first-order chi connectivity index (χ1) is 6.40. The van der Waals surface area contributed by atoms with Crippen molar-refractivity contribution in [2.24, 2.45) is 0 Å². The zero-order valence-electron chi connectivity index (χ0n) is 8.31. The summed E-state index contributed by atoms with van der Waals surface area (Å²) >= 11 is 0. The minimum absolute atomic E-state index is 0. The molecule has 0 spiro atoms. The number of aromatic nitrogens is 4. The number of nitrogens with one attached hydrogen (secondary N) is 1. The second-order valence-electron chi connectivity index (χ2n) is 3.36. The number of aryl methyl sites for hydroxylation is 1. The lowest BCUT2D eigenvalue weighted by atomic mass is 9.98. The van der Waals surface area contributed by atoms with Gasteiger partial charge in [0.1, 0.15) is 0 Å². The van der Waals surface area contributed by atoms with Gasteiger partial charge >= 0.3 is 0 Å². The highest BCUT2D eigenvalue weighted by atomic mass is 35.5. The van der Waals surface area contributed by atoms with Crippen LogP contribution < -0.4 is 5.32 Å². The predicted octanol–water partition coefficient (Wildman–Crippen LogP) is 0.582. The fraction of sp³-hybridized carbons (Fsp3) is 0.875. The third-order valence-corrected chi connectivity index (χ3v) is 2.46. The molecule has 0 atom stereocenters. The number of tetrazole rings is 1. The van der Waals surface area contributed by atoms with Crippen LogP contribution in [0.15, 0.2) is 0 Å². The van der Waals surface area contributed by atoms with Crippen LogP contribution in [0.5, 0.6) is 0 Å². The Morgan fingerprint density at radius 3 is 2.71 bits per heavy atom. The Hall–Kier alpha value is -0.680. The minimum Gasteiger partial charge on any atom is -0.317 e. The Balaban J connectivity index is 0.000000980. The Morgan fingerprint density at radius 2 is 2.14 bits per heavy atom. The van der Waals surface area contributed by atoms with Crippen LogP contribution in [0.1, 0.15) is 31.5 Å². The van der Waals surface area contributed by atoms with Crippen LogP contribution in [0.4, 0.5) is 0 Å². The summed E-state index contributed by atoms with van der Waals surface area (Å²) in [4.78, 5) is 1.65. The third kappa shape index (κ3) is 2.42. The van der Waals surface area contributed by atoms with E-state index in [0.717, 1.165) is 38.3 Å². The van der Waals surface area contributed by atoms with Gasteiger partial charge in [-0.2, -0.15) is 4.80 Å². The lowest BCUT2D eigenvalue weighted by molar-refractivity contribution is 0.442. The molecule has 0 aromatic carbocycles. The third-order valence-electron chi connectivity index (χ3n) is 2.46. The standard InChI is InChI=1S/C8H15N5.ClH/c1-2-13-11-8(10-12-13)7-3-5-9-6-4-7;/h7,9H,2-6H2,1H3;1H. The first kappa shape index (κ1) is 11.4. The van der Waals surface area contributed by atoms with Crippen LogP contribution in [-0.2, 0) is 6.54 Å². The molecule has 2 rings (SSSR count). The summed E-state index contributed by atoms with van der Waals surface area (Å²) < 4.78 is 0. The number of hydrogen-bond acceptors (Lipinski definition) is 4. The molecule has 6 heteroatoms. The first-order valence-electron chi connectivity index (χ1n) is 4.88. The molecule has 0 aliphatic carbocycles. The summed E-state index contributed by atoms with van der Waals surface area (Å²) in [5, 5.41) is 15.7. The van der Waals surface area contributed by atoms with Crippen LogP contribution in [-0.4, -0.2) is 33.3 Å². The molecule has 1 aromatic rings. The van der Waals surface area contributed by atoms with Crippen molar-refractivity contribution < 1.29 is 0 Å². The fourth-order valence-electron chi connectivity index (χ4n) is 1.63.